The summed E-state index contributed by atoms with van der Waals surface area (Å²) in [6, 6.07) is 9.43. The highest BCUT2D eigenvalue weighted by Gasteiger charge is 2.12. The molecule has 2 nitrogen and oxygen atoms in total. The zero-order valence-corrected chi connectivity index (χ0v) is 11.0. The van der Waals surface area contributed by atoms with Gasteiger partial charge < -0.3 is 10.2 Å². The predicted octanol–water partition coefficient (Wildman–Crippen LogP) is 2.60. The maximum atomic E-state index is 3.20. The van der Waals surface area contributed by atoms with Crippen molar-refractivity contribution < 1.29 is 0 Å². The predicted molar refractivity (Wildman–Crippen MR) is 70.8 cm³/mol. The molecule has 1 unspecified atom stereocenters. The number of aryl methyl sites for hydroxylation is 1. The molecule has 1 N–H and O–H groups in total. The van der Waals surface area contributed by atoms with E-state index in [9.17, 15) is 0 Å². The molecule has 0 aromatic heterocycles. The molecule has 0 saturated carbocycles. The second-order valence-electron chi connectivity index (χ2n) is 4.64. The summed E-state index contributed by atoms with van der Waals surface area (Å²) < 4.78 is 0. The summed E-state index contributed by atoms with van der Waals surface area (Å²) in [5, 5.41) is 3.20. The summed E-state index contributed by atoms with van der Waals surface area (Å²) >= 11 is 0. The van der Waals surface area contributed by atoms with Gasteiger partial charge in [0.15, 0.2) is 0 Å². The molecular formula is C14H24N2. The van der Waals surface area contributed by atoms with Gasteiger partial charge in [-0.25, -0.2) is 0 Å². The normalized spacial score (nSPS) is 13.1. The van der Waals surface area contributed by atoms with Gasteiger partial charge in [0.1, 0.15) is 0 Å². The lowest BCUT2D eigenvalue weighted by molar-refractivity contribution is 0.279. The molecule has 16 heavy (non-hydrogen) atoms. The fourth-order valence-electron chi connectivity index (χ4n) is 1.98. The first kappa shape index (κ1) is 13.2. The lowest BCUT2D eigenvalue weighted by Crippen LogP contribution is -2.21. The third kappa shape index (κ3) is 3.95. The van der Waals surface area contributed by atoms with Crippen molar-refractivity contribution in [3.63, 3.8) is 0 Å². The van der Waals surface area contributed by atoms with Crippen LogP contribution in [0, 0.1) is 6.92 Å². The van der Waals surface area contributed by atoms with Crippen molar-refractivity contribution in [2.24, 2.45) is 0 Å². The first-order valence-electron chi connectivity index (χ1n) is 6.02. The van der Waals surface area contributed by atoms with Crippen LogP contribution in [0.2, 0.25) is 0 Å². The molecule has 0 amide bonds. The molecule has 90 valence electrons. The fourth-order valence-corrected chi connectivity index (χ4v) is 1.98. The molecule has 1 aromatic rings. The lowest BCUT2D eigenvalue weighted by Gasteiger charge is -2.25. The van der Waals surface area contributed by atoms with E-state index in [1.54, 1.807) is 0 Å². The van der Waals surface area contributed by atoms with E-state index >= 15 is 0 Å². The van der Waals surface area contributed by atoms with Crippen LogP contribution in [0.3, 0.4) is 0 Å². The second-order valence-corrected chi connectivity index (χ2v) is 4.64. The van der Waals surface area contributed by atoms with Crippen LogP contribution >= 0.6 is 0 Å². The van der Waals surface area contributed by atoms with Crippen LogP contribution < -0.4 is 5.32 Å². The Labute approximate surface area is 99.7 Å². The number of hydrogen-bond acceptors (Lipinski definition) is 2. The average molecular weight is 220 g/mol. The average Bonchev–Trinajstić information content (AvgIpc) is 2.26. The highest BCUT2D eigenvalue weighted by atomic mass is 15.1. The minimum absolute atomic E-state index is 0.536. The smallest absolute Gasteiger partial charge is 0.0342 e. The van der Waals surface area contributed by atoms with Crippen LogP contribution in [-0.4, -0.2) is 32.6 Å². The van der Waals surface area contributed by atoms with Crippen LogP contribution in [0.4, 0.5) is 0 Å². The maximum Gasteiger partial charge on any atom is 0.0342 e. The van der Waals surface area contributed by atoms with E-state index in [0.29, 0.717) is 6.04 Å². The number of hydrogen-bond donors (Lipinski definition) is 1. The molecule has 1 atom stereocenters. The van der Waals surface area contributed by atoms with Crippen molar-refractivity contribution in [3.05, 3.63) is 35.4 Å². The van der Waals surface area contributed by atoms with Crippen molar-refractivity contribution >= 4 is 0 Å². The summed E-state index contributed by atoms with van der Waals surface area (Å²) in [6.45, 7) is 3.23. The SMILES string of the molecule is CNCCCC(c1ccc(C)cc1)N(C)C. The molecule has 0 saturated heterocycles. The minimum atomic E-state index is 0.536. The van der Waals surface area contributed by atoms with Gasteiger partial charge in [0, 0.05) is 6.04 Å². The lowest BCUT2D eigenvalue weighted by atomic mass is 10.00. The number of rotatable bonds is 6. The van der Waals surface area contributed by atoms with Gasteiger partial charge in [-0.3, -0.25) is 0 Å². The standard InChI is InChI=1S/C14H24N2/c1-12-7-9-13(10-8-12)14(16(3)4)6-5-11-15-2/h7-10,14-15H,5-6,11H2,1-4H3. The number of benzene rings is 1. The summed E-state index contributed by atoms with van der Waals surface area (Å²) in [5.41, 5.74) is 2.75. The van der Waals surface area contributed by atoms with Gasteiger partial charge in [0.05, 0.1) is 0 Å². The Bertz CT molecular complexity index is 290. The summed E-state index contributed by atoms with van der Waals surface area (Å²) in [7, 11) is 6.32. The van der Waals surface area contributed by atoms with E-state index in [0.717, 1.165) is 6.54 Å². The van der Waals surface area contributed by atoms with Gasteiger partial charge >= 0.3 is 0 Å². The Hall–Kier alpha value is -0.860. The largest absolute Gasteiger partial charge is 0.320 e. The van der Waals surface area contributed by atoms with Crippen molar-refractivity contribution in [1.82, 2.24) is 10.2 Å². The molecule has 1 aromatic carbocycles. The maximum absolute atomic E-state index is 3.20. The second kappa shape index (κ2) is 6.66. The summed E-state index contributed by atoms with van der Waals surface area (Å²) in [5.74, 6) is 0. The summed E-state index contributed by atoms with van der Waals surface area (Å²) in [4.78, 5) is 2.31. The molecule has 0 aliphatic carbocycles. The molecule has 0 fully saturated rings. The van der Waals surface area contributed by atoms with E-state index in [4.69, 9.17) is 0 Å². The fraction of sp³-hybridized carbons (Fsp3) is 0.571. The van der Waals surface area contributed by atoms with Crippen LogP contribution in [0.5, 0.6) is 0 Å². The quantitative estimate of drug-likeness (QED) is 0.741. The van der Waals surface area contributed by atoms with Crippen molar-refractivity contribution in [1.29, 1.82) is 0 Å². The first-order valence-corrected chi connectivity index (χ1v) is 6.02. The Morgan fingerprint density at radius 1 is 1.19 bits per heavy atom. The highest BCUT2D eigenvalue weighted by molar-refractivity contribution is 5.24. The first-order chi connectivity index (χ1) is 7.65. The minimum Gasteiger partial charge on any atom is -0.320 e. The van der Waals surface area contributed by atoms with E-state index in [2.05, 4.69) is 55.5 Å². The third-order valence-electron chi connectivity index (χ3n) is 2.99. The van der Waals surface area contributed by atoms with E-state index in [1.807, 2.05) is 7.05 Å². The zero-order valence-electron chi connectivity index (χ0n) is 11.0. The Morgan fingerprint density at radius 3 is 2.31 bits per heavy atom. The van der Waals surface area contributed by atoms with E-state index < -0.39 is 0 Å². The van der Waals surface area contributed by atoms with Crippen molar-refractivity contribution in [3.8, 4) is 0 Å². The van der Waals surface area contributed by atoms with Crippen molar-refractivity contribution in [2.45, 2.75) is 25.8 Å². The summed E-state index contributed by atoms with van der Waals surface area (Å²) in [6.07, 6.45) is 2.42. The molecule has 0 radical (unpaired) electrons. The molecule has 0 aliphatic heterocycles. The van der Waals surface area contributed by atoms with Crippen LogP contribution in [0.25, 0.3) is 0 Å². The van der Waals surface area contributed by atoms with Gasteiger partial charge in [0.25, 0.3) is 0 Å². The molecule has 2 heteroatoms. The Balaban J connectivity index is 2.65. The monoisotopic (exact) mass is 220 g/mol. The van der Waals surface area contributed by atoms with Crippen LogP contribution in [-0.2, 0) is 0 Å². The molecule has 0 aliphatic rings. The zero-order chi connectivity index (χ0) is 12.0. The van der Waals surface area contributed by atoms with E-state index in [-0.39, 0.29) is 0 Å². The van der Waals surface area contributed by atoms with Crippen LogP contribution in [0.15, 0.2) is 24.3 Å². The van der Waals surface area contributed by atoms with Crippen LogP contribution in [0.1, 0.15) is 30.0 Å². The topological polar surface area (TPSA) is 15.3 Å². The van der Waals surface area contributed by atoms with Gasteiger partial charge in [-0.15, -0.1) is 0 Å². The van der Waals surface area contributed by atoms with Gasteiger partial charge in [-0.1, -0.05) is 29.8 Å². The molecule has 0 spiro atoms. The Kier molecular flexibility index (Phi) is 5.50. The van der Waals surface area contributed by atoms with Gasteiger partial charge in [-0.2, -0.15) is 0 Å². The number of nitrogens with zero attached hydrogens (tertiary/aromatic N) is 1. The molecule has 0 bridgehead atoms. The third-order valence-corrected chi connectivity index (χ3v) is 2.99. The molecular weight excluding hydrogens is 196 g/mol. The highest BCUT2D eigenvalue weighted by Crippen LogP contribution is 2.23. The Morgan fingerprint density at radius 2 is 1.81 bits per heavy atom. The van der Waals surface area contributed by atoms with Crippen molar-refractivity contribution in [2.75, 3.05) is 27.7 Å². The molecule has 0 heterocycles. The number of nitrogens with one attached hydrogen (secondary N) is 1. The molecule has 1 rings (SSSR count). The van der Waals surface area contributed by atoms with Gasteiger partial charge in [-0.05, 0) is 53.0 Å². The van der Waals surface area contributed by atoms with E-state index in [1.165, 1.54) is 24.0 Å². The van der Waals surface area contributed by atoms with Gasteiger partial charge in [0.2, 0.25) is 0 Å².